The lowest BCUT2D eigenvalue weighted by Gasteiger charge is -2.11. The molecule has 0 fully saturated rings. The quantitative estimate of drug-likeness (QED) is 0.566. The Hall–Kier alpha value is -2.04. The first-order valence-corrected chi connectivity index (χ1v) is 5.09. The van der Waals surface area contributed by atoms with Crippen LogP contribution < -0.4 is 16.1 Å². The van der Waals surface area contributed by atoms with Gasteiger partial charge in [0.25, 0.3) is 0 Å². The molecule has 2 amide bonds. The van der Waals surface area contributed by atoms with Gasteiger partial charge >= 0.3 is 6.03 Å². The van der Waals surface area contributed by atoms with E-state index in [0.717, 1.165) is 18.5 Å². The first kappa shape index (κ1) is 10.5. The Kier molecular flexibility index (Phi) is 2.76. The minimum atomic E-state index is -0.655. The highest BCUT2D eigenvalue weighted by atomic mass is 16.2. The Morgan fingerprint density at radius 2 is 2.44 bits per heavy atom. The van der Waals surface area contributed by atoms with Gasteiger partial charge in [-0.05, 0) is 29.7 Å². The highest BCUT2D eigenvalue weighted by Crippen LogP contribution is 2.26. The molecule has 0 saturated carbocycles. The summed E-state index contributed by atoms with van der Waals surface area (Å²) in [7, 11) is 2.08. The molecule has 1 aromatic carbocycles. The molecule has 0 atom stereocenters. The van der Waals surface area contributed by atoms with E-state index in [4.69, 9.17) is 5.73 Å². The van der Waals surface area contributed by atoms with Crippen LogP contribution in [0.5, 0.6) is 0 Å². The first-order chi connectivity index (χ1) is 7.66. The number of amides is 2. The molecule has 2 rings (SSSR count). The van der Waals surface area contributed by atoms with Gasteiger partial charge in [-0.3, -0.25) is 0 Å². The van der Waals surface area contributed by atoms with E-state index in [9.17, 15) is 4.79 Å². The molecule has 0 aromatic heterocycles. The van der Waals surface area contributed by atoms with Crippen molar-refractivity contribution >= 4 is 17.9 Å². The number of primary amides is 1. The van der Waals surface area contributed by atoms with Crippen molar-refractivity contribution in [3.63, 3.8) is 0 Å². The second-order valence-electron chi connectivity index (χ2n) is 3.79. The van der Waals surface area contributed by atoms with E-state index < -0.39 is 6.03 Å². The fourth-order valence-corrected chi connectivity index (χ4v) is 1.84. The molecule has 1 aliphatic rings. The molecular weight excluding hydrogens is 204 g/mol. The van der Waals surface area contributed by atoms with E-state index in [1.165, 1.54) is 11.3 Å². The van der Waals surface area contributed by atoms with Crippen molar-refractivity contribution in [1.82, 2.24) is 5.43 Å². The maximum atomic E-state index is 10.4. The average Bonchev–Trinajstić information content (AvgIpc) is 2.60. The van der Waals surface area contributed by atoms with Gasteiger partial charge in [0.05, 0.1) is 6.21 Å². The third kappa shape index (κ3) is 2.13. The number of hydrogen-bond acceptors (Lipinski definition) is 3. The number of anilines is 1. The van der Waals surface area contributed by atoms with E-state index in [0.29, 0.717) is 0 Å². The second kappa shape index (κ2) is 4.22. The zero-order valence-corrected chi connectivity index (χ0v) is 9.10. The summed E-state index contributed by atoms with van der Waals surface area (Å²) in [5.74, 6) is 0. The van der Waals surface area contributed by atoms with E-state index in [1.54, 1.807) is 6.21 Å². The number of likely N-dealkylation sites (N-methyl/N-ethyl adjacent to an activating group) is 1. The average molecular weight is 218 g/mol. The first-order valence-electron chi connectivity index (χ1n) is 5.09. The molecule has 3 N–H and O–H groups in total. The molecule has 0 bridgehead atoms. The maximum Gasteiger partial charge on any atom is 0.332 e. The number of benzene rings is 1. The van der Waals surface area contributed by atoms with Crippen LogP contribution in [-0.2, 0) is 6.42 Å². The minimum Gasteiger partial charge on any atom is -0.374 e. The summed E-state index contributed by atoms with van der Waals surface area (Å²) in [6.07, 6.45) is 2.64. The van der Waals surface area contributed by atoms with Crippen LogP contribution in [0.25, 0.3) is 0 Å². The minimum absolute atomic E-state index is 0.655. The smallest absolute Gasteiger partial charge is 0.332 e. The van der Waals surface area contributed by atoms with Crippen LogP contribution in [-0.4, -0.2) is 25.8 Å². The molecule has 5 nitrogen and oxygen atoms in total. The summed E-state index contributed by atoms with van der Waals surface area (Å²) in [5.41, 5.74) is 10.6. The van der Waals surface area contributed by atoms with Gasteiger partial charge in [-0.1, -0.05) is 6.07 Å². The predicted molar refractivity (Wildman–Crippen MR) is 63.7 cm³/mol. The Bertz CT molecular complexity index is 442. The molecule has 84 valence electrons. The molecule has 1 aliphatic heterocycles. The Labute approximate surface area is 93.9 Å². The van der Waals surface area contributed by atoms with E-state index in [2.05, 4.69) is 34.6 Å². The van der Waals surface area contributed by atoms with Crippen molar-refractivity contribution in [1.29, 1.82) is 0 Å². The molecule has 1 aromatic rings. The number of nitrogens with zero attached hydrogens (tertiary/aromatic N) is 2. The highest BCUT2D eigenvalue weighted by molar-refractivity contribution is 5.83. The molecule has 0 unspecified atom stereocenters. The number of hydrazone groups is 1. The van der Waals surface area contributed by atoms with Gasteiger partial charge in [0, 0.05) is 19.3 Å². The SMILES string of the molecule is CN1CCc2cc(C=NNC(N)=O)ccc21. The molecule has 16 heavy (non-hydrogen) atoms. The van der Waals surface area contributed by atoms with Gasteiger partial charge in [0.2, 0.25) is 0 Å². The molecule has 1 heterocycles. The number of rotatable bonds is 2. The summed E-state index contributed by atoms with van der Waals surface area (Å²) in [6.45, 7) is 1.05. The monoisotopic (exact) mass is 218 g/mol. The number of hydrogen-bond donors (Lipinski definition) is 2. The Morgan fingerprint density at radius 1 is 1.62 bits per heavy atom. The maximum absolute atomic E-state index is 10.4. The summed E-state index contributed by atoms with van der Waals surface area (Å²) in [4.78, 5) is 12.6. The number of urea groups is 1. The van der Waals surface area contributed by atoms with Gasteiger partial charge in [-0.15, -0.1) is 0 Å². The van der Waals surface area contributed by atoms with Crippen molar-refractivity contribution in [2.75, 3.05) is 18.5 Å². The van der Waals surface area contributed by atoms with Crippen molar-refractivity contribution in [2.45, 2.75) is 6.42 Å². The standard InChI is InChI=1S/C11H14N4O/c1-15-5-4-9-6-8(2-3-10(9)15)7-13-14-11(12)16/h2-3,6-7H,4-5H2,1H3,(H3,12,14,16). The van der Waals surface area contributed by atoms with Crippen LogP contribution in [0, 0.1) is 0 Å². The number of nitrogens with two attached hydrogens (primary N) is 1. The zero-order valence-electron chi connectivity index (χ0n) is 9.10. The fraction of sp³-hybridized carbons (Fsp3) is 0.273. The van der Waals surface area contributed by atoms with Crippen LogP contribution in [0.1, 0.15) is 11.1 Å². The number of carbonyl (C=O) groups is 1. The lowest BCUT2D eigenvalue weighted by atomic mass is 10.1. The van der Waals surface area contributed by atoms with Crippen molar-refractivity contribution in [2.24, 2.45) is 10.8 Å². The van der Waals surface area contributed by atoms with Crippen molar-refractivity contribution < 1.29 is 4.79 Å². The van der Waals surface area contributed by atoms with Gasteiger partial charge in [0.15, 0.2) is 0 Å². The summed E-state index contributed by atoms with van der Waals surface area (Å²) >= 11 is 0. The normalized spacial score (nSPS) is 14.2. The molecule has 0 saturated heterocycles. The molecular formula is C11H14N4O. The van der Waals surface area contributed by atoms with Crippen molar-refractivity contribution in [3.05, 3.63) is 29.3 Å². The van der Waals surface area contributed by atoms with Crippen LogP contribution in [0.4, 0.5) is 10.5 Å². The Balaban J connectivity index is 2.13. The predicted octanol–water partition coefficient (Wildman–Crippen LogP) is 0.681. The summed E-state index contributed by atoms with van der Waals surface area (Å²) in [5, 5.41) is 3.72. The summed E-state index contributed by atoms with van der Waals surface area (Å²) in [6, 6.07) is 5.45. The number of nitrogens with one attached hydrogen (secondary N) is 1. The number of fused-ring (bicyclic) bond motifs is 1. The van der Waals surface area contributed by atoms with Crippen LogP contribution in [0.15, 0.2) is 23.3 Å². The fourth-order valence-electron chi connectivity index (χ4n) is 1.84. The zero-order chi connectivity index (χ0) is 11.5. The van der Waals surface area contributed by atoms with E-state index >= 15 is 0 Å². The van der Waals surface area contributed by atoms with E-state index in [1.807, 2.05) is 6.07 Å². The van der Waals surface area contributed by atoms with Gasteiger partial charge < -0.3 is 10.6 Å². The van der Waals surface area contributed by atoms with E-state index in [-0.39, 0.29) is 0 Å². The lowest BCUT2D eigenvalue weighted by molar-refractivity contribution is 0.249. The van der Waals surface area contributed by atoms with Gasteiger partial charge in [-0.2, -0.15) is 5.10 Å². The molecule has 5 heteroatoms. The van der Waals surface area contributed by atoms with Gasteiger partial charge in [0.1, 0.15) is 0 Å². The topological polar surface area (TPSA) is 70.7 Å². The lowest BCUT2D eigenvalue weighted by Crippen LogP contribution is -2.24. The third-order valence-corrected chi connectivity index (χ3v) is 2.62. The largest absolute Gasteiger partial charge is 0.374 e. The molecule has 0 radical (unpaired) electrons. The summed E-state index contributed by atoms with van der Waals surface area (Å²) < 4.78 is 0. The van der Waals surface area contributed by atoms with Crippen LogP contribution in [0.3, 0.4) is 0 Å². The third-order valence-electron chi connectivity index (χ3n) is 2.62. The molecule has 0 aliphatic carbocycles. The van der Waals surface area contributed by atoms with Crippen LogP contribution >= 0.6 is 0 Å². The Morgan fingerprint density at radius 3 is 3.19 bits per heavy atom. The highest BCUT2D eigenvalue weighted by Gasteiger charge is 2.14. The van der Waals surface area contributed by atoms with Crippen LogP contribution in [0.2, 0.25) is 0 Å². The number of carbonyl (C=O) groups excluding carboxylic acids is 1. The van der Waals surface area contributed by atoms with Gasteiger partial charge in [-0.25, -0.2) is 10.2 Å². The molecule has 0 spiro atoms. The second-order valence-corrected chi connectivity index (χ2v) is 3.79. The van der Waals surface area contributed by atoms with Crippen molar-refractivity contribution in [3.8, 4) is 0 Å².